The molecule has 0 saturated carbocycles. The van der Waals surface area contributed by atoms with Crippen LogP contribution in [0.3, 0.4) is 0 Å². The zero-order chi connectivity index (χ0) is 23.3. The van der Waals surface area contributed by atoms with Gasteiger partial charge in [0, 0.05) is 10.5 Å². The first kappa shape index (κ1) is 24.3. The fourth-order valence-corrected chi connectivity index (χ4v) is 4.98. The largest absolute Gasteiger partial charge is 0.487 e. The van der Waals surface area contributed by atoms with Crippen molar-refractivity contribution in [1.82, 2.24) is 0 Å². The molecule has 0 unspecified atom stereocenters. The van der Waals surface area contributed by atoms with Crippen molar-refractivity contribution < 1.29 is 14.6 Å². The molecule has 0 amide bonds. The van der Waals surface area contributed by atoms with Gasteiger partial charge in [-0.3, -0.25) is 25.7 Å². The quantitative estimate of drug-likeness (QED) is 0.123. The second-order valence-corrected chi connectivity index (χ2v) is 9.55. The zero-order valence-corrected chi connectivity index (χ0v) is 21.9. The first-order valence-electron chi connectivity index (χ1n) is 8.83. The SMILES string of the molecule is O=[N+]([O-])c1ccc(N/N=C/c2cc(I)c(OCc3ccc(Br)cc3)c(I)c2)c([N+](=O)[O-])c1. The highest BCUT2D eigenvalue weighted by Crippen LogP contribution is 2.30. The van der Waals surface area contributed by atoms with Gasteiger partial charge in [-0.1, -0.05) is 28.1 Å². The molecule has 0 bridgehead atoms. The van der Waals surface area contributed by atoms with Crippen molar-refractivity contribution in [2.45, 2.75) is 6.61 Å². The van der Waals surface area contributed by atoms with E-state index in [1.54, 1.807) is 0 Å². The Labute approximate surface area is 218 Å². The van der Waals surface area contributed by atoms with Gasteiger partial charge in [0.15, 0.2) is 0 Å². The van der Waals surface area contributed by atoms with Gasteiger partial charge in [0.1, 0.15) is 18.0 Å². The Bertz CT molecular complexity index is 1180. The van der Waals surface area contributed by atoms with Gasteiger partial charge in [-0.15, -0.1) is 0 Å². The predicted octanol–water partition coefficient (Wildman–Crippen LogP) is 6.50. The van der Waals surface area contributed by atoms with Crippen molar-refractivity contribution in [1.29, 1.82) is 0 Å². The number of rotatable bonds is 8. The number of nitro benzene ring substituents is 2. The summed E-state index contributed by atoms with van der Waals surface area (Å²) in [6, 6.07) is 14.9. The van der Waals surface area contributed by atoms with E-state index >= 15 is 0 Å². The molecule has 0 aliphatic rings. The molecule has 0 atom stereocenters. The fraction of sp³-hybridized carbons (Fsp3) is 0.0500. The minimum atomic E-state index is -0.700. The third kappa shape index (κ3) is 6.35. The molecule has 0 heterocycles. The van der Waals surface area contributed by atoms with Crippen molar-refractivity contribution in [2.75, 3.05) is 5.43 Å². The maximum absolute atomic E-state index is 11.2. The van der Waals surface area contributed by atoms with Crippen molar-refractivity contribution >= 4 is 84.4 Å². The summed E-state index contributed by atoms with van der Waals surface area (Å²) >= 11 is 7.76. The number of anilines is 1. The van der Waals surface area contributed by atoms with Crippen LogP contribution in [-0.2, 0) is 6.61 Å². The minimum absolute atomic E-state index is 0.0516. The summed E-state index contributed by atoms with van der Waals surface area (Å²) in [5.41, 5.74) is 3.63. The Morgan fingerprint density at radius 3 is 2.25 bits per heavy atom. The standard InChI is InChI=1S/C20H13BrI2N4O5/c21-14-3-1-12(2-4-14)11-32-20-16(22)7-13(8-17(20)23)10-24-25-18-6-5-15(26(28)29)9-19(18)27(30)31/h1-10,25H,11H2/b24-10+. The molecule has 0 aliphatic carbocycles. The Kier molecular flexibility index (Phi) is 8.36. The number of hydrogen-bond acceptors (Lipinski definition) is 7. The van der Waals surface area contributed by atoms with E-state index in [0.29, 0.717) is 6.61 Å². The topological polar surface area (TPSA) is 120 Å². The summed E-state index contributed by atoms with van der Waals surface area (Å²) in [6.07, 6.45) is 1.51. The fourth-order valence-electron chi connectivity index (χ4n) is 2.58. The number of benzene rings is 3. The molecule has 0 aliphatic heterocycles. The number of halogens is 3. The van der Waals surface area contributed by atoms with Crippen molar-refractivity contribution in [3.05, 3.63) is 97.6 Å². The number of ether oxygens (including phenoxy) is 1. The minimum Gasteiger partial charge on any atom is -0.487 e. The molecule has 0 fully saturated rings. The summed E-state index contributed by atoms with van der Waals surface area (Å²) in [4.78, 5) is 20.7. The van der Waals surface area contributed by atoms with Crippen LogP contribution in [0.15, 0.2) is 64.2 Å². The highest BCUT2D eigenvalue weighted by atomic mass is 127. The van der Waals surface area contributed by atoms with Crippen molar-refractivity contribution in [3.8, 4) is 5.75 Å². The Hall–Kier alpha value is -2.33. The molecule has 3 aromatic carbocycles. The number of non-ortho nitro benzene ring substituents is 1. The number of nitro groups is 2. The second-order valence-electron chi connectivity index (χ2n) is 6.31. The van der Waals surface area contributed by atoms with E-state index in [2.05, 4.69) is 71.6 Å². The van der Waals surface area contributed by atoms with E-state index in [4.69, 9.17) is 4.74 Å². The first-order valence-corrected chi connectivity index (χ1v) is 11.8. The van der Waals surface area contributed by atoms with E-state index in [0.717, 1.165) is 34.6 Å². The average molecular weight is 723 g/mol. The molecular formula is C20H13BrI2N4O5. The Morgan fingerprint density at radius 2 is 1.66 bits per heavy atom. The maximum Gasteiger partial charge on any atom is 0.301 e. The van der Waals surface area contributed by atoms with Crippen LogP contribution in [0.1, 0.15) is 11.1 Å². The predicted molar refractivity (Wildman–Crippen MR) is 141 cm³/mol. The van der Waals surface area contributed by atoms with Gasteiger partial charge < -0.3 is 4.74 Å². The van der Waals surface area contributed by atoms with Crippen LogP contribution in [0.5, 0.6) is 5.75 Å². The summed E-state index contributed by atoms with van der Waals surface area (Å²) in [5, 5.41) is 26.1. The van der Waals surface area contributed by atoms with Crippen LogP contribution in [0, 0.1) is 27.4 Å². The average Bonchev–Trinajstić information content (AvgIpc) is 2.74. The van der Waals surface area contributed by atoms with E-state index in [1.165, 1.54) is 18.3 Å². The molecule has 9 nitrogen and oxygen atoms in total. The lowest BCUT2D eigenvalue weighted by atomic mass is 10.2. The van der Waals surface area contributed by atoms with Crippen LogP contribution in [-0.4, -0.2) is 16.1 Å². The molecule has 0 spiro atoms. The second kappa shape index (κ2) is 11.0. The number of nitrogens with one attached hydrogen (secondary N) is 1. The summed E-state index contributed by atoms with van der Waals surface area (Å²) in [6.45, 7) is 0.429. The Balaban J connectivity index is 1.72. The molecule has 0 radical (unpaired) electrons. The van der Waals surface area contributed by atoms with Gasteiger partial charge in [0.05, 0.1) is 29.3 Å². The van der Waals surface area contributed by atoms with Crippen LogP contribution in [0.2, 0.25) is 0 Å². The molecule has 0 aromatic heterocycles. The molecule has 3 aromatic rings. The van der Waals surface area contributed by atoms with Gasteiger partial charge in [0.2, 0.25) is 0 Å². The van der Waals surface area contributed by atoms with Gasteiger partial charge in [-0.05, 0) is 86.6 Å². The molecule has 1 N–H and O–H groups in total. The summed E-state index contributed by atoms with van der Waals surface area (Å²) in [7, 11) is 0. The van der Waals surface area contributed by atoms with Crippen LogP contribution >= 0.6 is 61.1 Å². The third-order valence-electron chi connectivity index (χ3n) is 4.10. The molecule has 0 saturated heterocycles. The number of nitrogens with zero attached hydrogens (tertiary/aromatic N) is 3. The highest BCUT2D eigenvalue weighted by Gasteiger charge is 2.19. The lowest BCUT2D eigenvalue weighted by Crippen LogP contribution is -2.01. The van der Waals surface area contributed by atoms with E-state index in [1.807, 2.05) is 36.4 Å². The number of hydrogen-bond donors (Lipinski definition) is 1. The van der Waals surface area contributed by atoms with Crippen LogP contribution in [0.25, 0.3) is 0 Å². The third-order valence-corrected chi connectivity index (χ3v) is 6.24. The van der Waals surface area contributed by atoms with Gasteiger partial charge in [-0.25, -0.2) is 0 Å². The zero-order valence-electron chi connectivity index (χ0n) is 16.0. The van der Waals surface area contributed by atoms with Gasteiger partial charge in [-0.2, -0.15) is 5.10 Å². The number of hydrazone groups is 1. The highest BCUT2D eigenvalue weighted by molar-refractivity contribution is 14.1. The van der Waals surface area contributed by atoms with Crippen LogP contribution in [0.4, 0.5) is 17.1 Å². The molecule has 164 valence electrons. The lowest BCUT2D eigenvalue weighted by molar-refractivity contribution is -0.393. The van der Waals surface area contributed by atoms with E-state index < -0.39 is 15.5 Å². The maximum atomic E-state index is 11.2. The van der Waals surface area contributed by atoms with Gasteiger partial charge in [0.25, 0.3) is 5.69 Å². The molecule has 32 heavy (non-hydrogen) atoms. The molecule has 3 rings (SSSR count). The van der Waals surface area contributed by atoms with Crippen LogP contribution < -0.4 is 10.2 Å². The van der Waals surface area contributed by atoms with E-state index in [9.17, 15) is 20.2 Å². The van der Waals surface area contributed by atoms with Crippen molar-refractivity contribution in [2.24, 2.45) is 5.10 Å². The lowest BCUT2D eigenvalue weighted by Gasteiger charge is -2.11. The van der Waals surface area contributed by atoms with Gasteiger partial charge >= 0.3 is 5.69 Å². The van der Waals surface area contributed by atoms with Crippen molar-refractivity contribution in [3.63, 3.8) is 0 Å². The smallest absolute Gasteiger partial charge is 0.301 e. The summed E-state index contributed by atoms with van der Waals surface area (Å²) in [5.74, 6) is 0.755. The Morgan fingerprint density at radius 1 is 1.00 bits per heavy atom. The monoisotopic (exact) mass is 722 g/mol. The first-order chi connectivity index (χ1) is 15.2. The summed E-state index contributed by atoms with van der Waals surface area (Å²) < 4.78 is 8.74. The normalized spacial score (nSPS) is 10.8. The molecule has 12 heteroatoms. The molecular weight excluding hydrogens is 710 g/mol. The van der Waals surface area contributed by atoms with E-state index in [-0.39, 0.29) is 11.4 Å².